The van der Waals surface area contributed by atoms with Crippen molar-refractivity contribution in [2.45, 2.75) is 0 Å². The van der Waals surface area contributed by atoms with Crippen LogP contribution in [0.5, 0.6) is 0 Å². The molecule has 1 aromatic carbocycles. The molecule has 0 fully saturated rings. The van der Waals surface area contributed by atoms with Gasteiger partial charge < -0.3 is 4.52 Å². The van der Waals surface area contributed by atoms with Crippen LogP contribution in [0.3, 0.4) is 0 Å². The summed E-state index contributed by atoms with van der Waals surface area (Å²) in [6.07, 6.45) is 0. The molecule has 0 aliphatic heterocycles. The zero-order valence-corrected chi connectivity index (χ0v) is 7.35. The van der Waals surface area contributed by atoms with E-state index in [1.54, 1.807) is 18.2 Å². The van der Waals surface area contributed by atoms with Gasteiger partial charge in [0.2, 0.25) is 0 Å². The molecule has 1 rings (SSSR count). The number of phosphoric ester groups is 1. The summed E-state index contributed by atoms with van der Waals surface area (Å²) < 4.78 is 14.1. The fourth-order valence-electron chi connectivity index (χ4n) is 0.735. The second kappa shape index (κ2) is 12.5. The van der Waals surface area contributed by atoms with Gasteiger partial charge in [-0.25, -0.2) is 9.36 Å². The Bertz CT molecular complexity index is 352. The van der Waals surface area contributed by atoms with Crippen molar-refractivity contribution >= 4 is 168 Å². The van der Waals surface area contributed by atoms with Crippen LogP contribution in [0.2, 0.25) is 0 Å². The molecule has 9 heteroatoms. The first-order chi connectivity index (χ1) is 5.99. The molecule has 2 N–H and O–H groups in total. The second-order valence-electron chi connectivity index (χ2n) is 2.24. The van der Waals surface area contributed by atoms with Gasteiger partial charge >= 0.3 is 168 Å². The monoisotopic (exact) mass is 322 g/mol. The predicted molar refractivity (Wildman–Crippen MR) is 65.3 cm³/mol. The number of rotatable bonds is 2. The van der Waals surface area contributed by atoms with Crippen LogP contribution in [0.25, 0.3) is 0 Å². The third kappa shape index (κ3) is 11.6. The number of carbonyl (C=O) groups excluding carboxylic acids is 1. The SMILES string of the molecule is O=C(OP(=O)(O)O)c1ccccc1.[KH].[KH].[KH]. The minimum absolute atomic E-state index is 0. The van der Waals surface area contributed by atoms with E-state index in [2.05, 4.69) is 4.52 Å². The zero-order valence-electron chi connectivity index (χ0n) is 6.45. The van der Waals surface area contributed by atoms with Gasteiger partial charge in [0.1, 0.15) is 0 Å². The Balaban J connectivity index is -0.000000563. The van der Waals surface area contributed by atoms with Gasteiger partial charge in [-0.1, -0.05) is 18.2 Å². The molecule has 5 nitrogen and oxygen atoms in total. The van der Waals surface area contributed by atoms with Crippen molar-refractivity contribution in [1.82, 2.24) is 0 Å². The minimum atomic E-state index is -4.74. The topological polar surface area (TPSA) is 83.8 Å². The third-order valence-corrected chi connectivity index (χ3v) is 1.61. The van der Waals surface area contributed by atoms with E-state index in [-0.39, 0.29) is 160 Å². The Hall–Kier alpha value is 3.75. The zero-order chi connectivity index (χ0) is 9.90. The van der Waals surface area contributed by atoms with Gasteiger partial charge in [-0.05, 0) is 12.1 Å². The van der Waals surface area contributed by atoms with Crippen LogP contribution < -0.4 is 0 Å². The van der Waals surface area contributed by atoms with Gasteiger partial charge in [0.15, 0.2) is 0 Å². The van der Waals surface area contributed by atoms with Crippen LogP contribution in [0.15, 0.2) is 30.3 Å². The average molecular weight is 322 g/mol. The van der Waals surface area contributed by atoms with E-state index in [0.29, 0.717) is 0 Å². The Morgan fingerprint density at radius 2 is 1.50 bits per heavy atom. The molecule has 0 aliphatic rings. The maximum atomic E-state index is 10.9. The summed E-state index contributed by atoms with van der Waals surface area (Å²) in [7, 11) is -4.74. The summed E-state index contributed by atoms with van der Waals surface area (Å²) in [5.74, 6) is -1.03. The Kier molecular flexibility index (Phi) is 19.3. The molecule has 0 aromatic heterocycles. The van der Waals surface area contributed by atoms with Crippen LogP contribution in [0.4, 0.5) is 0 Å². The van der Waals surface area contributed by atoms with Crippen LogP contribution >= 0.6 is 7.82 Å². The van der Waals surface area contributed by atoms with Crippen molar-refractivity contribution < 1.29 is 23.7 Å². The molecular formula is C7H10K3O5P. The molecule has 16 heavy (non-hydrogen) atoms. The average Bonchev–Trinajstić information content (AvgIpc) is 2.03. The molecule has 0 aliphatic carbocycles. The third-order valence-electron chi connectivity index (χ3n) is 1.21. The van der Waals surface area contributed by atoms with Crippen LogP contribution in [-0.2, 0) is 9.09 Å². The first-order valence-corrected chi connectivity index (χ1v) is 4.86. The van der Waals surface area contributed by atoms with E-state index in [0.717, 1.165) is 0 Å². The molecule has 0 saturated heterocycles. The molecule has 0 unspecified atom stereocenters. The van der Waals surface area contributed by atoms with Crippen molar-refractivity contribution in [3.63, 3.8) is 0 Å². The quantitative estimate of drug-likeness (QED) is 0.538. The van der Waals surface area contributed by atoms with E-state index in [1.807, 2.05) is 0 Å². The Morgan fingerprint density at radius 3 is 1.88 bits per heavy atom. The Morgan fingerprint density at radius 1 is 1.06 bits per heavy atom. The van der Waals surface area contributed by atoms with Crippen molar-refractivity contribution in [1.29, 1.82) is 0 Å². The van der Waals surface area contributed by atoms with E-state index < -0.39 is 13.8 Å². The van der Waals surface area contributed by atoms with Crippen molar-refractivity contribution in [2.24, 2.45) is 0 Å². The number of benzene rings is 1. The fourth-order valence-corrected chi connectivity index (χ4v) is 1.06. The molecule has 0 saturated carbocycles. The van der Waals surface area contributed by atoms with E-state index in [9.17, 15) is 9.36 Å². The van der Waals surface area contributed by atoms with Gasteiger partial charge in [0.25, 0.3) is 0 Å². The Labute approximate surface area is 221 Å². The normalized spacial score (nSPS) is 8.88. The number of hydrogen-bond acceptors (Lipinski definition) is 3. The second-order valence-corrected chi connectivity index (χ2v) is 3.40. The summed E-state index contributed by atoms with van der Waals surface area (Å²) in [6, 6.07) is 7.61. The van der Waals surface area contributed by atoms with Gasteiger partial charge in [-0.2, -0.15) is 0 Å². The van der Waals surface area contributed by atoms with E-state index in [1.165, 1.54) is 12.1 Å². The molecule has 76 valence electrons. The molecule has 1 aromatic rings. The first kappa shape index (κ1) is 24.7. The molecule has 0 radical (unpaired) electrons. The van der Waals surface area contributed by atoms with Gasteiger partial charge in [0.05, 0.1) is 5.56 Å². The fraction of sp³-hybridized carbons (Fsp3) is 0. The van der Waals surface area contributed by atoms with Gasteiger partial charge in [0, 0.05) is 0 Å². The predicted octanol–water partition coefficient (Wildman–Crippen LogP) is -1.01. The molecule has 0 spiro atoms. The first-order valence-electron chi connectivity index (χ1n) is 3.33. The summed E-state index contributed by atoms with van der Waals surface area (Å²) in [5, 5.41) is 0. The maximum absolute atomic E-state index is 10.9. The van der Waals surface area contributed by atoms with Crippen molar-refractivity contribution in [3.8, 4) is 0 Å². The molecule has 0 bridgehead atoms. The number of hydrogen-bond donors (Lipinski definition) is 2. The van der Waals surface area contributed by atoms with Gasteiger partial charge in [-0.3, -0.25) is 9.79 Å². The summed E-state index contributed by atoms with van der Waals surface area (Å²) >= 11 is 0. The molecule has 0 amide bonds. The summed E-state index contributed by atoms with van der Waals surface area (Å²) in [6.45, 7) is 0. The van der Waals surface area contributed by atoms with Crippen LogP contribution in [-0.4, -0.2) is 170 Å². The summed E-state index contributed by atoms with van der Waals surface area (Å²) in [5.41, 5.74) is 0.103. The van der Waals surface area contributed by atoms with Gasteiger partial charge in [-0.15, -0.1) is 0 Å². The van der Waals surface area contributed by atoms with Crippen molar-refractivity contribution in [3.05, 3.63) is 35.9 Å². The van der Waals surface area contributed by atoms with Crippen LogP contribution in [0, 0.1) is 0 Å². The molecule has 0 heterocycles. The summed E-state index contributed by atoms with van der Waals surface area (Å²) in [4.78, 5) is 27.6. The van der Waals surface area contributed by atoms with Crippen molar-refractivity contribution in [2.75, 3.05) is 0 Å². The number of phosphoric acid groups is 1. The molecule has 0 atom stereocenters. The standard InChI is InChI=1S/C7H7O5P.3K.3H/c8-7(12-13(9,10)11)6-4-2-1-3-5-6;;;;;;/h1-5H,(H2,9,10,11);;;;;;. The van der Waals surface area contributed by atoms with E-state index >= 15 is 0 Å². The van der Waals surface area contributed by atoms with Crippen LogP contribution in [0.1, 0.15) is 10.4 Å². The van der Waals surface area contributed by atoms with E-state index in [4.69, 9.17) is 9.79 Å². The molecular weight excluding hydrogens is 312 g/mol. The number of carbonyl (C=O) groups is 1.